The molecule has 4 rings (SSSR count). The summed E-state index contributed by atoms with van der Waals surface area (Å²) in [6.07, 6.45) is 1.66. The Morgan fingerprint density at radius 1 is 1.15 bits per heavy atom. The van der Waals surface area contributed by atoms with Crippen LogP contribution in [0.2, 0.25) is 0 Å². The Balaban J connectivity index is 1.54. The van der Waals surface area contributed by atoms with Crippen LogP contribution < -0.4 is 14.8 Å². The number of thiazole rings is 1. The largest absolute Gasteiger partial charge is 0.486 e. The van der Waals surface area contributed by atoms with Gasteiger partial charge in [0.05, 0.1) is 5.69 Å². The topological polar surface area (TPSA) is 67.2 Å². The van der Waals surface area contributed by atoms with Crippen molar-refractivity contribution in [2.24, 2.45) is 0 Å². The summed E-state index contributed by atoms with van der Waals surface area (Å²) in [7, 11) is 0. The van der Waals surface area contributed by atoms with Gasteiger partial charge in [-0.05, 0) is 24.3 Å². The highest BCUT2D eigenvalue weighted by Gasteiger charge is 2.12. The maximum Gasteiger partial charge on any atom is 0.163 e. The molecule has 1 aliphatic rings. The molecule has 0 fully saturated rings. The van der Waals surface area contributed by atoms with E-state index in [2.05, 4.69) is 32.3 Å². The number of nitriles is 1. The van der Waals surface area contributed by atoms with E-state index in [0.29, 0.717) is 29.5 Å². The van der Waals surface area contributed by atoms with Crippen LogP contribution in [0.4, 0.5) is 5.69 Å². The molecular weight excluding hydrogens is 426 g/mol. The first kappa shape index (κ1) is 17.6. The second-order valence-electron chi connectivity index (χ2n) is 5.72. The first-order valence-electron chi connectivity index (χ1n) is 8.21. The fourth-order valence-corrected chi connectivity index (χ4v) is 3.64. The van der Waals surface area contributed by atoms with E-state index in [4.69, 9.17) is 9.47 Å². The summed E-state index contributed by atoms with van der Waals surface area (Å²) < 4.78 is 12.1. The van der Waals surface area contributed by atoms with E-state index in [1.165, 1.54) is 11.3 Å². The van der Waals surface area contributed by atoms with Gasteiger partial charge in [0.2, 0.25) is 0 Å². The number of nitrogens with one attached hydrogen (secondary N) is 1. The van der Waals surface area contributed by atoms with Gasteiger partial charge in [-0.2, -0.15) is 5.26 Å². The fourth-order valence-electron chi connectivity index (χ4n) is 2.58. The Morgan fingerprint density at radius 2 is 1.93 bits per heavy atom. The van der Waals surface area contributed by atoms with Crippen molar-refractivity contribution >= 4 is 38.5 Å². The average Bonchev–Trinajstić information content (AvgIpc) is 3.19. The maximum atomic E-state index is 9.52. The highest BCUT2D eigenvalue weighted by Crippen LogP contribution is 2.33. The second-order valence-corrected chi connectivity index (χ2v) is 7.49. The molecule has 0 atom stereocenters. The molecule has 0 aliphatic carbocycles. The molecule has 1 aromatic heterocycles. The molecule has 2 heterocycles. The first-order chi connectivity index (χ1) is 13.2. The van der Waals surface area contributed by atoms with Crippen molar-refractivity contribution in [3.05, 3.63) is 63.5 Å². The normalized spacial score (nSPS) is 13.1. The van der Waals surface area contributed by atoms with Crippen LogP contribution in [0.3, 0.4) is 0 Å². The molecule has 0 saturated carbocycles. The summed E-state index contributed by atoms with van der Waals surface area (Å²) in [5.41, 5.74) is 3.15. The van der Waals surface area contributed by atoms with Gasteiger partial charge in [0, 0.05) is 33.4 Å². The van der Waals surface area contributed by atoms with Gasteiger partial charge in [-0.1, -0.05) is 28.1 Å². The lowest BCUT2D eigenvalue weighted by atomic mass is 10.2. The first-order valence-corrected chi connectivity index (χ1v) is 9.88. The quantitative estimate of drug-likeness (QED) is 0.557. The van der Waals surface area contributed by atoms with Crippen LogP contribution in [0.25, 0.3) is 16.8 Å². The van der Waals surface area contributed by atoms with Gasteiger partial charge < -0.3 is 14.8 Å². The number of benzene rings is 2. The maximum absolute atomic E-state index is 9.52. The Bertz CT molecular complexity index is 1040. The zero-order chi connectivity index (χ0) is 18.6. The van der Waals surface area contributed by atoms with E-state index in [1.54, 1.807) is 6.20 Å². The average molecular weight is 440 g/mol. The van der Waals surface area contributed by atoms with E-state index in [9.17, 15) is 5.26 Å². The van der Waals surface area contributed by atoms with Crippen LogP contribution in [0.15, 0.2) is 58.5 Å². The predicted octanol–water partition coefficient (Wildman–Crippen LogP) is 5.32. The smallest absolute Gasteiger partial charge is 0.163 e. The number of hydrogen-bond acceptors (Lipinski definition) is 6. The van der Waals surface area contributed by atoms with Crippen molar-refractivity contribution in [2.45, 2.75) is 0 Å². The Kier molecular flexibility index (Phi) is 5.10. The molecule has 0 radical (unpaired) electrons. The molecule has 27 heavy (non-hydrogen) atoms. The second kappa shape index (κ2) is 7.82. The third-order valence-electron chi connectivity index (χ3n) is 3.92. The minimum atomic E-state index is 0.471. The third kappa shape index (κ3) is 3.97. The molecule has 2 aromatic carbocycles. The van der Waals surface area contributed by atoms with Gasteiger partial charge in [-0.25, -0.2) is 4.98 Å². The summed E-state index contributed by atoms with van der Waals surface area (Å²) in [6, 6.07) is 15.7. The van der Waals surface area contributed by atoms with Crippen LogP contribution in [-0.2, 0) is 0 Å². The molecule has 1 aliphatic heterocycles. The fraction of sp³-hybridized carbons (Fsp3) is 0.100. The van der Waals surface area contributed by atoms with E-state index in [1.807, 2.05) is 47.8 Å². The number of halogens is 1. The zero-order valence-electron chi connectivity index (χ0n) is 14.1. The molecule has 134 valence electrons. The molecule has 3 aromatic rings. The van der Waals surface area contributed by atoms with E-state index in [-0.39, 0.29) is 0 Å². The summed E-state index contributed by atoms with van der Waals surface area (Å²) >= 11 is 4.87. The van der Waals surface area contributed by atoms with Crippen LogP contribution >= 0.6 is 27.3 Å². The van der Waals surface area contributed by atoms with Crippen molar-refractivity contribution < 1.29 is 9.47 Å². The molecule has 0 spiro atoms. The number of aromatic nitrogens is 1. The molecule has 0 bridgehead atoms. The standard InChI is InChI=1S/C20H14BrN3O2S/c21-15-3-1-13(2-4-15)17-12-27-20(24-17)14(10-22)11-23-16-5-6-18-19(9-16)26-8-7-25-18/h1-6,9,11-12,23H,7-8H2. The predicted molar refractivity (Wildman–Crippen MR) is 110 cm³/mol. The van der Waals surface area contributed by atoms with Gasteiger partial charge in [-0.3, -0.25) is 0 Å². The molecule has 5 nitrogen and oxygen atoms in total. The molecular formula is C20H14BrN3O2S. The number of anilines is 1. The van der Waals surface area contributed by atoms with E-state index in [0.717, 1.165) is 27.2 Å². The Labute approximate surface area is 169 Å². The van der Waals surface area contributed by atoms with Gasteiger partial charge in [0.15, 0.2) is 11.5 Å². The SMILES string of the molecule is N#CC(=CNc1ccc2c(c1)OCCO2)c1nc(-c2ccc(Br)cc2)cs1. The number of fused-ring (bicyclic) bond motifs is 1. The number of allylic oxidation sites excluding steroid dienone is 1. The van der Waals surface area contributed by atoms with E-state index < -0.39 is 0 Å². The summed E-state index contributed by atoms with van der Waals surface area (Å²) in [5.74, 6) is 1.43. The highest BCUT2D eigenvalue weighted by atomic mass is 79.9. The van der Waals surface area contributed by atoms with Crippen molar-refractivity contribution in [1.82, 2.24) is 4.98 Å². The van der Waals surface area contributed by atoms with Crippen molar-refractivity contribution in [3.63, 3.8) is 0 Å². The van der Waals surface area contributed by atoms with Crippen molar-refractivity contribution in [1.29, 1.82) is 5.26 Å². The molecule has 0 unspecified atom stereocenters. The van der Waals surface area contributed by atoms with Gasteiger partial charge in [0.25, 0.3) is 0 Å². The highest BCUT2D eigenvalue weighted by molar-refractivity contribution is 9.10. The Morgan fingerprint density at radius 3 is 2.70 bits per heavy atom. The number of nitrogens with zero attached hydrogens (tertiary/aromatic N) is 2. The third-order valence-corrected chi connectivity index (χ3v) is 5.32. The summed E-state index contributed by atoms with van der Waals surface area (Å²) in [5, 5.41) is 15.3. The number of rotatable bonds is 4. The molecule has 7 heteroatoms. The van der Waals surface area contributed by atoms with Crippen molar-refractivity contribution in [2.75, 3.05) is 18.5 Å². The van der Waals surface area contributed by atoms with Gasteiger partial charge >= 0.3 is 0 Å². The lowest BCUT2D eigenvalue weighted by Crippen LogP contribution is -2.15. The molecule has 1 N–H and O–H groups in total. The van der Waals surface area contributed by atoms with E-state index >= 15 is 0 Å². The summed E-state index contributed by atoms with van der Waals surface area (Å²) in [6.45, 7) is 1.09. The van der Waals surface area contributed by atoms with Crippen LogP contribution in [0.1, 0.15) is 5.01 Å². The summed E-state index contributed by atoms with van der Waals surface area (Å²) in [4.78, 5) is 4.59. The number of hydrogen-bond donors (Lipinski definition) is 1. The lowest BCUT2D eigenvalue weighted by molar-refractivity contribution is 0.171. The minimum Gasteiger partial charge on any atom is -0.486 e. The molecule has 0 saturated heterocycles. The van der Waals surface area contributed by atoms with Crippen LogP contribution in [0, 0.1) is 11.3 Å². The monoisotopic (exact) mass is 439 g/mol. The van der Waals surface area contributed by atoms with Crippen LogP contribution in [0.5, 0.6) is 11.5 Å². The van der Waals surface area contributed by atoms with Crippen LogP contribution in [-0.4, -0.2) is 18.2 Å². The number of ether oxygens (including phenoxy) is 2. The minimum absolute atomic E-state index is 0.471. The lowest BCUT2D eigenvalue weighted by Gasteiger charge is -2.18. The zero-order valence-corrected chi connectivity index (χ0v) is 16.5. The van der Waals surface area contributed by atoms with Crippen molar-refractivity contribution in [3.8, 4) is 28.8 Å². The molecule has 0 amide bonds. The van der Waals surface area contributed by atoms with Gasteiger partial charge in [-0.15, -0.1) is 11.3 Å². The Hall–Kier alpha value is -2.82. The van der Waals surface area contributed by atoms with Gasteiger partial charge in [0.1, 0.15) is 29.9 Å².